The summed E-state index contributed by atoms with van der Waals surface area (Å²) in [4.78, 5) is 142. The summed E-state index contributed by atoms with van der Waals surface area (Å²) in [5.41, 5.74) is 44.5. The molecule has 1 aliphatic rings. The molecule has 0 unspecified atom stereocenters. The number of rotatable bonds is 36. The highest BCUT2D eigenvalue weighted by atomic mass is 32.1. The first-order valence-electron chi connectivity index (χ1n) is 25.1. The molecule has 1 fully saturated rings. The molecule has 77 heavy (non-hydrogen) atoms. The number of likely N-dealkylation sites (tertiary alicyclic amines) is 1. The van der Waals surface area contributed by atoms with Crippen LogP contribution >= 0.6 is 12.6 Å². The molecule has 25 N–H and O–H groups in total. The Morgan fingerprint density at radius 3 is 1.69 bits per heavy atom. The Balaban J connectivity index is 2.49. The summed E-state index contributed by atoms with van der Waals surface area (Å²) in [7, 11) is 0. The van der Waals surface area contributed by atoms with E-state index in [1.807, 2.05) is 0 Å². The normalized spacial score (nSPS) is 15.6. The SMILES string of the molecule is NCCCC[C@H](N)C(=O)N[C@H](CCC(=O)O)C(=O)N1CCC[C@H]1C(=O)N[C@@H](Cc1ccc(O)cc1)C(=O)N[C@@H](CCCN=C(N)N)C(=O)N[C@@H](CCCNC(N)=O)C(=O)N[C@@H](CS)C(=O)N[C@@H](CCCN=C(N)N)C(N)=O. The second kappa shape index (κ2) is 34.8. The Morgan fingerprint density at radius 2 is 1.16 bits per heavy atom. The van der Waals surface area contributed by atoms with Gasteiger partial charge in [0.15, 0.2) is 11.9 Å². The van der Waals surface area contributed by atoms with Gasteiger partial charge in [-0.1, -0.05) is 18.6 Å². The summed E-state index contributed by atoms with van der Waals surface area (Å²) in [6.07, 6.45) is 0.840. The van der Waals surface area contributed by atoms with Crippen molar-refractivity contribution in [3.05, 3.63) is 29.8 Å². The first-order chi connectivity index (χ1) is 36.5. The number of aliphatic imine (C=N–C) groups is 2. The van der Waals surface area contributed by atoms with E-state index in [4.69, 9.17) is 45.9 Å². The Labute approximate surface area is 451 Å². The van der Waals surface area contributed by atoms with Gasteiger partial charge in [-0.3, -0.25) is 53.1 Å². The molecule has 1 heterocycles. The van der Waals surface area contributed by atoms with Crippen molar-refractivity contribution < 1.29 is 58.2 Å². The molecule has 0 bridgehead atoms. The number of nitrogens with two attached hydrogens (primary N) is 8. The largest absolute Gasteiger partial charge is 0.508 e. The number of carboxylic acids is 1. The number of phenolic OH excluding ortho intramolecular Hbond substituents is 1. The number of urea groups is 1. The summed E-state index contributed by atoms with van der Waals surface area (Å²) in [6, 6.07) is -5.79. The van der Waals surface area contributed by atoms with E-state index in [9.17, 15) is 58.2 Å². The molecule has 31 heteroatoms. The Hall–Kier alpha value is -7.67. The van der Waals surface area contributed by atoms with Crippen molar-refractivity contribution in [3.63, 3.8) is 0 Å². The summed E-state index contributed by atoms with van der Waals surface area (Å²) in [5.74, 6) is -8.83. The van der Waals surface area contributed by atoms with Crippen LogP contribution in [0.1, 0.15) is 89.0 Å². The predicted molar refractivity (Wildman–Crippen MR) is 286 cm³/mol. The standard InChI is InChI=1S/C46H78N18O12S/c47-18-2-1-7-27(48)37(69)61-31(16-17-35(66)67)43(75)64-22-6-11-34(64)42(74)62-32(23-25-12-14-26(65)15-13-25)40(72)60-29(9-4-20-56-45(52)53)38(70)59-30(10-5-21-57-46(54)76)39(71)63-33(24-77)41(73)58-28(36(49)68)8-3-19-55-44(50)51/h12-15,27-34,65,77H,1-11,16-24,47-48H2,(H2,49,68)(H,58,73)(H,59,70)(H,60,72)(H,61,69)(H,62,74)(H,63,71)(H,66,67)(H4,50,51,55)(H4,52,53,56)(H3,54,57,76)/t27-,28-,29-,30-,31+,32-,33-,34-/m0/s1. The third kappa shape index (κ3) is 25.2. The van der Waals surface area contributed by atoms with E-state index in [1.165, 1.54) is 29.2 Å². The van der Waals surface area contributed by atoms with Crippen molar-refractivity contribution in [2.45, 2.75) is 138 Å². The average Bonchev–Trinajstić information content (AvgIpc) is 3.87. The number of aromatic hydroxyl groups is 1. The van der Waals surface area contributed by atoms with Crippen LogP contribution in [0.5, 0.6) is 5.75 Å². The fraction of sp³-hybridized carbons (Fsp3) is 0.609. The zero-order chi connectivity index (χ0) is 57.6. The number of benzene rings is 1. The van der Waals surface area contributed by atoms with Gasteiger partial charge >= 0.3 is 12.0 Å². The maximum absolute atomic E-state index is 14.5. The molecule has 2 rings (SSSR count). The number of carbonyl (C=O) groups is 10. The molecule has 0 radical (unpaired) electrons. The quantitative estimate of drug-likeness (QED) is 0.0129. The molecule has 0 aromatic heterocycles. The highest BCUT2D eigenvalue weighted by Crippen LogP contribution is 2.21. The van der Waals surface area contributed by atoms with E-state index < -0.39 is 114 Å². The van der Waals surface area contributed by atoms with Gasteiger partial charge in [-0.25, -0.2) is 4.79 Å². The van der Waals surface area contributed by atoms with Crippen LogP contribution in [0.2, 0.25) is 0 Å². The number of carboxylic acid groups (broad SMARTS) is 1. The number of nitrogens with zero attached hydrogens (tertiary/aromatic N) is 3. The Kier molecular flexibility index (Phi) is 29.6. The van der Waals surface area contributed by atoms with Crippen molar-refractivity contribution in [2.24, 2.45) is 55.9 Å². The van der Waals surface area contributed by atoms with Gasteiger partial charge in [-0.05, 0) is 94.9 Å². The summed E-state index contributed by atoms with van der Waals surface area (Å²) in [6.45, 7) is 0.472. The van der Waals surface area contributed by atoms with Crippen LogP contribution < -0.4 is 83.1 Å². The number of nitrogens with one attached hydrogen (secondary N) is 7. The van der Waals surface area contributed by atoms with Crippen LogP contribution in [-0.4, -0.2) is 173 Å². The molecule has 0 spiro atoms. The van der Waals surface area contributed by atoms with Gasteiger partial charge in [0.1, 0.15) is 48.0 Å². The first-order valence-corrected chi connectivity index (χ1v) is 25.7. The van der Waals surface area contributed by atoms with Crippen molar-refractivity contribution in [1.29, 1.82) is 0 Å². The Bertz CT molecular complexity index is 2220. The van der Waals surface area contributed by atoms with Crippen molar-refractivity contribution >= 4 is 83.8 Å². The van der Waals surface area contributed by atoms with Gasteiger partial charge in [-0.2, -0.15) is 12.6 Å². The van der Waals surface area contributed by atoms with E-state index in [2.05, 4.69) is 59.8 Å². The molecule has 1 aromatic carbocycles. The second-order valence-corrected chi connectivity index (χ2v) is 18.5. The third-order valence-electron chi connectivity index (χ3n) is 12.0. The van der Waals surface area contributed by atoms with E-state index in [0.717, 1.165) is 0 Å². The highest BCUT2D eigenvalue weighted by molar-refractivity contribution is 7.80. The zero-order valence-corrected chi connectivity index (χ0v) is 43.8. The number of phenols is 1. The number of unbranched alkanes of at least 4 members (excludes halogenated alkanes) is 1. The minimum Gasteiger partial charge on any atom is -0.508 e. The van der Waals surface area contributed by atoms with Crippen LogP contribution in [0.15, 0.2) is 34.3 Å². The maximum Gasteiger partial charge on any atom is 0.312 e. The fourth-order valence-corrected chi connectivity index (χ4v) is 8.18. The van der Waals surface area contributed by atoms with Gasteiger partial charge in [0.25, 0.3) is 0 Å². The van der Waals surface area contributed by atoms with Gasteiger partial charge in [0.2, 0.25) is 47.3 Å². The number of hydrogen-bond acceptors (Lipinski definition) is 16. The first kappa shape index (κ1) is 65.4. The number of carbonyl (C=O) groups excluding carboxylic acids is 9. The molecule has 1 aliphatic heterocycles. The molecule has 0 saturated carbocycles. The lowest BCUT2D eigenvalue weighted by Gasteiger charge is -2.30. The summed E-state index contributed by atoms with van der Waals surface area (Å²) < 4.78 is 0. The smallest absolute Gasteiger partial charge is 0.312 e. The lowest BCUT2D eigenvalue weighted by molar-refractivity contribution is -0.143. The van der Waals surface area contributed by atoms with Crippen molar-refractivity contribution in [2.75, 3.05) is 38.5 Å². The van der Waals surface area contributed by atoms with Gasteiger partial charge in [0, 0.05) is 44.8 Å². The molecule has 430 valence electrons. The van der Waals surface area contributed by atoms with Gasteiger partial charge in [-0.15, -0.1) is 0 Å². The van der Waals surface area contributed by atoms with Crippen molar-refractivity contribution in [3.8, 4) is 5.75 Å². The lowest BCUT2D eigenvalue weighted by Crippen LogP contribution is -2.60. The van der Waals surface area contributed by atoms with Gasteiger partial charge < -0.3 is 98.2 Å². The minimum atomic E-state index is -1.48. The van der Waals surface area contributed by atoms with Crippen LogP contribution in [0.3, 0.4) is 0 Å². The number of amides is 10. The summed E-state index contributed by atoms with van der Waals surface area (Å²) >= 11 is 4.21. The highest BCUT2D eigenvalue weighted by Gasteiger charge is 2.40. The van der Waals surface area contributed by atoms with E-state index in [-0.39, 0.29) is 114 Å². The molecule has 0 aliphatic carbocycles. The molecule has 1 saturated heterocycles. The van der Waals surface area contributed by atoms with Crippen LogP contribution in [0, 0.1) is 0 Å². The second-order valence-electron chi connectivity index (χ2n) is 18.2. The third-order valence-corrected chi connectivity index (χ3v) is 12.4. The molecular formula is C46H78N18O12S. The fourth-order valence-electron chi connectivity index (χ4n) is 7.92. The monoisotopic (exact) mass is 1110 g/mol. The lowest BCUT2D eigenvalue weighted by atomic mass is 10.0. The zero-order valence-electron chi connectivity index (χ0n) is 43.0. The number of guanidine groups is 2. The molecule has 1 aromatic rings. The molecule has 30 nitrogen and oxygen atoms in total. The van der Waals surface area contributed by atoms with Gasteiger partial charge in [0.05, 0.1) is 6.04 Å². The molecule has 8 atom stereocenters. The maximum atomic E-state index is 14.5. The number of hydrogen-bond donors (Lipinski definition) is 18. The Morgan fingerprint density at radius 1 is 0.636 bits per heavy atom. The van der Waals surface area contributed by atoms with Crippen LogP contribution in [0.4, 0.5) is 4.79 Å². The van der Waals surface area contributed by atoms with Crippen LogP contribution in [0.25, 0.3) is 0 Å². The number of aliphatic carboxylic acids is 1. The number of primary amides is 2. The van der Waals surface area contributed by atoms with E-state index in [0.29, 0.717) is 31.4 Å². The average molecular weight is 1110 g/mol. The van der Waals surface area contributed by atoms with E-state index >= 15 is 0 Å². The minimum absolute atomic E-state index is 0.0165. The molecular weight excluding hydrogens is 1030 g/mol. The summed E-state index contributed by atoms with van der Waals surface area (Å²) in [5, 5.41) is 37.3. The van der Waals surface area contributed by atoms with E-state index in [1.54, 1.807) is 0 Å². The van der Waals surface area contributed by atoms with Crippen LogP contribution in [-0.2, 0) is 49.6 Å². The number of thiol groups is 1. The van der Waals surface area contributed by atoms with Crippen molar-refractivity contribution in [1.82, 2.24) is 42.1 Å². The molecule has 10 amide bonds. The topological polar surface area (TPSA) is 531 Å². The predicted octanol–water partition coefficient (Wildman–Crippen LogP) is -5.87.